The third-order valence-electron chi connectivity index (χ3n) is 1.90. The molecule has 72 valence electrons. The minimum atomic E-state index is -0.799. The molecule has 1 heterocycles. The van der Waals surface area contributed by atoms with Crippen molar-refractivity contribution in [1.29, 1.82) is 0 Å². The Bertz CT molecular complexity index is 278. The van der Waals surface area contributed by atoms with Crippen molar-refractivity contribution in [3.8, 4) is 0 Å². The van der Waals surface area contributed by atoms with Gasteiger partial charge in [0.15, 0.2) is 0 Å². The van der Waals surface area contributed by atoms with Crippen molar-refractivity contribution in [2.75, 3.05) is 11.9 Å². The number of H-pyrrole nitrogens is 1. The molecule has 3 N–H and O–H groups in total. The molecule has 0 unspecified atom stereocenters. The van der Waals surface area contributed by atoms with Crippen LogP contribution in [0.15, 0.2) is 18.3 Å². The molecule has 0 aromatic carbocycles. The minimum absolute atomic E-state index is 0.406. The van der Waals surface area contributed by atoms with Crippen molar-refractivity contribution in [2.45, 2.75) is 13.8 Å². The second-order valence-electron chi connectivity index (χ2n) is 3.63. The van der Waals surface area contributed by atoms with E-state index in [1.165, 1.54) is 0 Å². The van der Waals surface area contributed by atoms with Gasteiger partial charge in [0.1, 0.15) is 5.82 Å². The average Bonchev–Trinajstić information content (AvgIpc) is 2.52. The first-order valence-corrected chi connectivity index (χ1v) is 4.13. The number of hydrogen-bond acceptors (Lipinski definition) is 2. The Morgan fingerprint density at radius 2 is 2.38 bits per heavy atom. The van der Waals surface area contributed by atoms with Gasteiger partial charge in [0.25, 0.3) is 0 Å². The summed E-state index contributed by atoms with van der Waals surface area (Å²) < 4.78 is 0. The molecule has 0 amide bonds. The van der Waals surface area contributed by atoms with Crippen molar-refractivity contribution in [3.05, 3.63) is 18.3 Å². The van der Waals surface area contributed by atoms with Crippen LogP contribution in [0.4, 0.5) is 5.82 Å². The predicted molar refractivity (Wildman–Crippen MR) is 50.7 cm³/mol. The lowest BCUT2D eigenvalue weighted by Gasteiger charge is -2.19. The number of aromatic amines is 1. The standard InChI is InChI=1S/C9H14N2O2/c1-9(2,8(12)13)6-11-7-4-3-5-10-7/h3-5,10-11H,6H2,1-2H3,(H,12,13). The molecule has 0 bridgehead atoms. The second-order valence-corrected chi connectivity index (χ2v) is 3.63. The third kappa shape index (κ3) is 2.50. The molecule has 0 aliphatic carbocycles. The van der Waals surface area contributed by atoms with Crippen LogP contribution in [0.25, 0.3) is 0 Å². The van der Waals surface area contributed by atoms with Crippen LogP contribution < -0.4 is 5.32 Å². The molecule has 0 saturated heterocycles. The van der Waals surface area contributed by atoms with Gasteiger partial charge < -0.3 is 15.4 Å². The van der Waals surface area contributed by atoms with Crippen molar-refractivity contribution in [2.24, 2.45) is 5.41 Å². The number of carboxylic acids is 1. The van der Waals surface area contributed by atoms with Gasteiger partial charge in [-0.3, -0.25) is 4.79 Å². The second kappa shape index (κ2) is 3.51. The van der Waals surface area contributed by atoms with Crippen LogP contribution in [0.1, 0.15) is 13.8 Å². The summed E-state index contributed by atoms with van der Waals surface area (Å²) in [6, 6.07) is 3.72. The van der Waals surface area contributed by atoms with Gasteiger partial charge in [-0.15, -0.1) is 0 Å². The molecule has 0 aliphatic heterocycles. The number of carbonyl (C=O) groups is 1. The number of hydrogen-bond donors (Lipinski definition) is 3. The summed E-state index contributed by atoms with van der Waals surface area (Å²) in [5, 5.41) is 11.8. The number of rotatable bonds is 4. The van der Waals surface area contributed by atoms with E-state index in [2.05, 4.69) is 10.3 Å². The number of aromatic nitrogens is 1. The highest BCUT2D eigenvalue weighted by molar-refractivity contribution is 5.74. The molecule has 4 nitrogen and oxygen atoms in total. The van der Waals surface area contributed by atoms with Crippen LogP contribution >= 0.6 is 0 Å². The lowest BCUT2D eigenvalue weighted by molar-refractivity contribution is -0.146. The monoisotopic (exact) mass is 182 g/mol. The zero-order valence-electron chi connectivity index (χ0n) is 7.79. The van der Waals surface area contributed by atoms with Gasteiger partial charge in [-0.1, -0.05) is 0 Å². The first-order chi connectivity index (χ1) is 6.02. The minimum Gasteiger partial charge on any atom is -0.481 e. The molecule has 0 aliphatic rings. The van der Waals surface area contributed by atoms with E-state index in [4.69, 9.17) is 5.11 Å². The predicted octanol–water partition coefficient (Wildman–Crippen LogP) is 1.54. The summed E-state index contributed by atoms with van der Waals surface area (Å²) in [5.74, 6) is 0.0425. The molecule has 1 aromatic heterocycles. The summed E-state index contributed by atoms with van der Waals surface area (Å²) in [7, 11) is 0. The van der Waals surface area contributed by atoms with E-state index in [1.807, 2.05) is 12.1 Å². The topological polar surface area (TPSA) is 65.1 Å². The maximum absolute atomic E-state index is 10.7. The summed E-state index contributed by atoms with van der Waals surface area (Å²) in [4.78, 5) is 13.7. The van der Waals surface area contributed by atoms with Crippen molar-refractivity contribution in [1.82, 2.24) is 4.98 Å². The van der Waals surface area contributed by atoms with Gasteiger partial charge in [-0.25, -0.2) is 0 Å². The van der Waals surface area contributed by atoms with Gasteiger partial charge in [0, 0.05) is 12.7 Å². The van der Waals surface area contributed by atoms with Crippen LogP contribution in [-0.4, -0.2) is 22.6 Å². The van der Waals surface area contributed by atoms with Crippen LogP contribution in [-0.2, 0) is 4.79 Å². The van der Waals surface area contributed by atoms with E-state index in [9.17, 15) is 4.79 Å². The van der Waals surface area contributed by atoms with Gasteiger partial charge in [-0.05, 0) is 26.0 Å². The molecular formula is C9H14N2O2. The van der Waals surface area contributed by atoms with E-state index in [1.54, 1.807) is 20.0 Å². The van der Waals surface area contributed by atoms with E-state index in [-0.39, 0.29) is 0 Å². The highest BCUT2D eigenvalue weighted by Gasteiger charge is 2.26. The van der Waals surface area contributed by atoms with Gasteiger partial charge in [0.2, 0.25) is 0 Å². The lowest BCUT2D eigenvalue weighted by Crippen LogP contribution is -2.31. The molecular weight excluding hydrogens is 168 g/mol. The molecule has 4 heteroatoms. The van der Waals surface area contributed by atoms with E-state index < -0.39 is 11.4 Å². The number of anilines is 1. The molecule has 0 atom stereocenters. The summed E-state index contributed by atoms with van der Waals surface area (Å²) >= 11 is 0. The summed E-state index contributed by atoms with van der Waals surface area (Å²) in [6.45, 7) is 3.78. The Kier molecular flexibility index (Phi) is 2.60. The largest absolute Gasteiger partial charge is 0.481 e. The van der Waals surface area contributed by atoms with E-state index in [0.717, 1.165) is 5.82 Å². The first kappa shape index (κ1) is 9.64. The van der Waals surface area contributed by atoms with Crippen molar-refractivity contribution < 1.29 is 9.90 Å². The van der Waals surface area contributed by atoms with Gasteiger partial charge >= 0.3 is 5.97 Å². The van der Waals surface area contributed by atoms with Crippen molar-refractivity contribution >= 4 is 11.8 Å². The first-order valence-electron chi connectivity index (χ1n) is 4.13. The fourth-order valence-corrected chi connectivity index (χ4v) is 0.832. The summed E-state index contributed by atoms with van der Waals surface area (Å²) in [6.07, 6.45) is 1.79. The van der Waals surface area contributed by atoms with Gasteiger partial charge in [0.05, 0.1) is 5.41 Å². The van der Waals surface area contributed by atoms with E-state index >= 15 is 0 Å². The highest BCUT2D eigenvalue weighted by atomic mass is 16.4. The fourth-order valence-electron chi connectivity index (χ4n) is 0.832. The highest BCUT2D eigenvalue weighted by Crippen LogP contribution is 2.15. The number of carboxylic acid groups (broad SMARTS) is 1. The van der Waals surface area contributed by atoms with Gasteiger partial charge in [-0.2, -0.15) is 0 Å². The van der Waals surface area contributed by atoms with Crippen LogP contribution in [0.2, 0.25) is 0 Å². The normalized spacial score (nSPS) is 11.2. The molecule has 0 fully saturated rings. The fraction of sp³-hybridized carbons (Fsp3) is 0.444. The molecule has 0 spiro atoms. The Hall–Kier alpha value is -1.45. The molecule has 1 rings (SSSR count). The van der Waals surface area contributed by atoms with E-state index in [0.29, 0.717) is 6.54 Å². The Morgan fingerprint density at radius 1 is 1.69 bits per heavy atom. The maximum atomic E-state index is 10.7. The maximum Gasteiger partial charge on any atom is 0.310 e. The molecule has 0 radical (unpaired) electrons. The zero-order valence-corrected chi connectivity index (χ0v) is 7.79. The number of nitrogens with one attached hydrogen (secondary N) is 2. The SMILES string of the molecule is CC(C)(CNc1ccc[nH]1)C(=O)O. The molecule has 0 saturated carbocycles. The zero-order chi connectivity index (χ0) is 9.90. The Morgan fingerprint density at radius 3 is 2.85 bits per heavy atom. The third-order valence-corrected chi connectivity index (χ3v) is 1.90. The molecule has 13 heavy (non-hydrogen) atoms. The smallest absolute Gasteiger partial charge is 0.310 e. The lowest BCUT2D eigenvalue weighted by atomic mass is 9.94. The van der Waals surface area contributed by atoms with Crippen molar-refractivity contribution in [3.63, 3.8) is 0 Å². The Balaban J connectivity index is 2.47. The molecule has 1 aromatic rings. The average molecular weight is 182 g/mol. The summed E-state index contributed by atoms with van der Waals surface area (Å²) in [5.41, 5.74) is -0.745. The quantitative estimate of drug-likeness (QED) is 0.661. The number of aliphatic carboxylic acids is 1. The van der Waals surface area contributed by atoms with Crippen LogP contribution in [0, 0.1) is 5.41 Å². The Labute approximate surface area is 77.0 Å². The van der Waals surface area contributed by atoms with Crippen LogP contribution in [0.5, 0.6) is 0 Å². The van der Waals surface area contributed by atoms with Crippen LogP contribution in [0.3, 0.4) is 0 Å².